The van der Waals surface area contributed by atoms with Crippen LogP contribution in [0.15, 0.2) is 36.5 Å². The van der Waals surface area contributed by atoms with E-state index in [2.05, 4.69) is 44.2 Å². The van der Waals surface area contributed by atoms with Gasteiger partial charge < -0.3 is 9.74 Å². The number of benzene rings is 1. The zero-order valence-corrected chi connectivity index (χ0v) is 19.5. The second-order valence-corrected chi connectivity index (χ2v) is 13.8. The molecule has 0 saturated heterocycles. The minimum Gasteiger partial charge on any atom is -0.416 e. The molecule has 1 heterocycles. The standard InChI is InChI=1S/C22H32ClFN2OSi/c1-7-18(26-14-15-27-28(5,6)22(2,3)4)16-11-12-17(23)20(21(16)24)19-10-8-9-13-25-19/h8-13,18,26H,7,14-15H2,1-6H3/t18-/m1/s1. The van der Waals surface area contributed by atoms with E-state index in [0.717, 1.165) is 6.42 Å². The fraction of sp³-hybridized carbons (Fsp3) is 0.500. The molecule has 2 rings (SSSR count). The van der Waals surface area contributed by atoms with Crippen LogP contribution < -0.4 is 5.32 Å². The summed E-state index contributed by atoms with van der Waals surface area (Å²) in [6.07, 6.45) is 2.41. The van der Waals surface area contributed by atoms with Crippen molar-refractivity contribution in [1.29, 1.82) is 0 Å². The molecule has 6 heteroatoms. The summed E-state index contributed by atoms with van der Waals surface area (Å²) in [5.74, 6) is -0.309. The van der Waals surface area contributed by atoms with E-state index in [9.17, 15) is 0 Å². The average Bonchev–Trinajstić information content (AvgIpc) is 2.63. The molecule has 0 amide bonds. The van der Waals surface area contributed by atoms with Crippen molar-refractivity contribution in [2.24, 2.45) is 0 Å². The maximum Gasteiger partial charge on any atom is 0.192 e. The van der Waals surface area contributed by atoms with E-state index in [-0.39, 0.29) is 16.9 Å². The summed E-state index contributed by atoms with van der Waals surface area (Å²) in [7, 11) is -1.78. The SMILES string of the molecule is CC[C@@H](NCCO[Si](C)(C)C(C)(C)C)c1ccc(Cl)c(-c2ccccn2)c1F. The number of pyridine rings is 1. The third-order valence-corrected chi connectivity index (χ3v) is 10.4. The summed E-state index contributed by atoms with van der Waals surface area (Å²) in [6.45, 7) is 14.5. The maximum atomic E-state index is 15.3. The second-order valence-electron chi connectivity index (χ2n) is 8.56. The fourth-order valence-electron chi connectivity index (χ4n) is 2.81. The van der Waals surface area contributed by atoms with E-state index in [0.29, 0.717) is 35.0 Å². The molecular weight excluding hydrogens is 391 g/mol. The minimum atomic E-state index is -1.78. The zero-order chi connectivity index (χ0) is 20.9. The second kappa shape index (κ2) is 9.48. The molecule has 0 unspecified atom stereocenters. The molecule has 0 radical (unpaired) electrons. The quantitative estimate of drug-likeness (QED) is 0.384. The van der Waals surface area contributed by atoms with Gasteiger partial charge in [0.05, 0.1) is 16.3 Å². The summed E-state index contributed by atoms with van der Waals surface area (Å²) in [4.78, 5) is 4.26. The lowest BCUT2D eigenvalue weighted by molar-refractivity contribution is 0.278. The smallest absolute Gasteiger partial charge is 0.192 e. The van der Waals surface area contributed by atoms with Crippen LogP contribution in [0.4, 0.5) is 4.39 Å². The van der Waals surface area contributed by atoms with Crippen molar-refractivity contribution in [3.8, 4) is 11.3 Å². The van der Waals surface area contributed by atoms with Crippen LogP contribution in [0.5, 0.6) is 0 Å². The van der Waals surface area contributed by atoms with E-state index in [1.54, 1.807) is 30.5 Å². The van der Waals surface area contributed by atoms with Crippen molar-refractivity contribution in [3.05, 3.63) is 52.9 Å². The molecule has 1 aromatic heterocycles. The summed E-state index contributed by atoms with van der Waals surface area (Å²) in [5, 5.41) is 3.99. The Kier molecular flexibility index (Phi) is 7.79. The Morgan fingerprint density at radius 1 is 1.21 bits per heavy atom. The third kappa shape index (κ3) is 5.41. The van der Waals surface area contributed by atoms with E-state index in [4.69, 9.17) is 16.0 Å². The van der Waals surface area contributed by atoms with E-state index in [1.165, 1.54) is 0 Å². The van der Waals surface area contributed by atoms with Crippen LogP contribution in [0.25, 0.3) is 11.3 Å². The van der Waals surface area contributed by atoms with Crippen LogP contribution in [-0.2, 0) is 4.43 Å². The van der Waals surface area contributed by atoms with Gasteiger partial charge in [-0.3, -0.25) is 4.98 Å². The minimum absolute atomic E-state index is 0.109. The molecule has 1 N–H and O–H groups in total. The molecule has 1 aromatic carbocycles. The Hall–Kier alpha value is -1.27. The van der Waals surface area contributed by atoms with Gasteiger partial charge in [0.15, 0.2) is 8.32 Å². The predicted octanol–water partition coefficient (Wildman–Crippen LogP) is 6.60. The highest BCUT2D eigenvalue weighted by atomic mass is 35.5. The zero-order valence-electron chi connectivity index (χ0n) is 17.8. The van der Waals surface area contributed by atoms with Gasteiger partial charge in [-0.25, -0.2) is 4.39 Å². The van der Waals surface area contributed by atoms with Crippen LogP contribution in [0, 0.1) is 5.82 Å². The van der Waals surface area contributed by atoms with Crippen molar-refractivity contribution in [1.82, 2.24) is 10.3 Å². The van der Waals surface area contributed by atoms with Crippen LogP contribution >= 0.6 is 11.6 Å². The first-order chi connectivity index (χ1) is 13.1. The number of nitrogens with one attached hydrogen (secondary N) is 1. The summed E-state index contributed by atoms with van der Waals surface area (Å²) >= 11 is 6.29. The topological polar surface area (TPSA) is 34.1 Å². The summed E-state index contributed by atoms with van der Waals surface area (Å²) in [5.41, 5.74) is 1.51. The molecule has 154 valence electrons. The normalized spacial score (nSPS) is 13.6. The molecular formula is C22H32ClFN2OSi. The number of nitrogens with zero attached hydrogens (tertiary/aromatic N) is 1. The Morgan fingerprint density at radius 3 is 2.50 bits per heavy atom. The van der Waals surface area contributed by atoms with Gasteiger partial charge >= 0.3 is 0 Å². The molecule has 0 aliphatic heterocycles. The van der Waals surface area contributed by atoms with Crippen molar-refractivity contribution in [2.45, 2.75) is 58.3 Å². The van der Waals surface area contributed by atoms with Crippen molar-refractivity contribution >= 4 is 19.9 Å². The van der Waals surface area contributed by atoms with E-state index in [1.807, 2.05) is 13.0 Å². The molecule has 0 spiro atoms. The number of halogens is 2. The summed E-state index contributed by atoms with van der Waals surface area (Å²) in [6, 6.07) is 8.81. The maximum absolute atomic E-state index is 15.3. The molecule has 0 aliphatic rings. The lowest BCUT2D eigenvalue weighted by atomic mass is 9.99. The van der Waals surface area contributed by atoms with Gasteiger partial charge in [-0.2, -0.15) is 0 Å². The molecule has 28 heavy (non-hydrogen) atoms. The first-order valence-corrected chi connectivity index (χ1v) is 13.1. The lowest BCUT2D eigenvalue weighted by Gasteiger charge is -2.36. The fourth-order valence-corrected chi connectivity index (χ4v) is 4.10. The van der Waals surface area contributed by atoms with Crippen molar-refractivity contribution in [2.75, 3.05) is 13.2 Å². The van der Waals surface area contributed by atoms with Gasteiger partial charge in [0.25, 0.3) is 0 Å². The molecule has 0 saturated carbocycles. The average molecular weight is 423 g/mol. The molecule has 0 fully saturated rings. The lowest BCUT2D eigenvalue weighted by Crippen LogP contribution is -2.42. The number of rotatable bonds is 8. The Morgan fingerprint density at radius 2 is 1.93 bits per heavy atom. The third-order valence-electron chi connectivity index (χ3n) is 5.59. The molecule has 1 atom stereocenters. The van der Waals surface area contributed by atoms with Crippen molar-refractivity contribution in [3.63, 3.8) is 0 Å². The summed E-state index contributed by atoms with van der Waals surface area (Å²) < 4.78 is 21.5. The highest BCUT2D eigenvalue weighted by Crippen LogP contribution is 2.36. The van der Waals surface area contributed by atoms with Crippen LogP contribution in [-0.4, -0.2) is 26.5 Å². The van der Waals surface area contributed by atoms with Gasteiger partial charge in [-0.15, -0.1) is 0 Å². The van der Waals surface area contributed by atoms with Gasteiger partial charge in [0, 0.05) is 31.0 Å². The Balaban J connectivity index is 2.13. The van der Waals surface area contributed by atoms with Crippen LogP contribution in [0.3, 0.4) is 0 Å². The van der Waals surface area contributed by atoms with Crippen LogP contribution in [0.1, 0.15) is 45.7 Å². The van der Waals surface area contributed by atoms with E-state index < -0.39 is 8.32 Å². The first kappa shape index (κ1) is 23.0. The Bertz CT molecular complexity index is 778. The number of hydrogen-bond acceptors (Lipinski definition) is 3. The van der Waals surface area contributed by atoms with Crippen LogP contribution in [0.2, 0.25) is 23.2 Å². The largest absolute Gasteiger partial charge is 0.416 e. The highest BCUT2D eigenvalue weighted by molar-refractivity contribution is 6.74. The van der Waals surface area contributed by atoms with Crippen molar-refractivity contribution < 1.29 is 8.82 Å². The van der Waals surface area contributed by atoms with Gasteiger partial charge in [0.2, 0.25) is 0 Å². The highest BCUT2D eigenvalue weighted by Gasteiger charge is 2.36. The van der Waals surface area contributed by atoms with E-state index >= 15 is 4.39 Å². The molecule has 3 nitrogen and oxygen atoms in total. The van der Waals surface area contributed by atoms with Gasteiger partial charge in [-0.1, -0.05) is 51.4 Å². The van der Waals surface area contributed by atoms with Gasteiger partial charge in [-0.05, 0) is 42.8 Å². The molecule has 2 aromatic rings. The number of hydrogen-bond donors (Lipinski definition) is 1. The number of aromatic nitrogens is 1. The Labute approximate surface area is 174 Å². The van der Waals surface area contributed by atoms with Gasteiger partial charge in [0.1, 0.15) is 5.82 Å². The predicted molar refractivity (Wildman–Crippen MR) is 119 cm³/mol. The molecule has 0 aliphatic carbocycles. The monoisotopic (exact) mass is 422 g/mol. The molecule has 0 bridgehead atoms. The first-order valence-electron chi connectivity index (χ1n) is 9.85.